The molecule has 262 valence electrons. The average molecular weight is 717 g/mol. The van der Waals surface area contributed by atoms with Crippen molar-refractivity contribution in [2.75, 3.05) is 0 Å². The molecule has 4 nitrogen and oxygen atoms in total. The Kier molecular flexibility index (Phi) is 6.52. The monoisotopic (exact) mass is 716 g/mol. The highest BCUT2D eigenvalue weighted by Crippen LogP contribution is 2.43. The minimum absolute atomic E-state index is 0.592. The van der Waals surface area contributed by atoms with E-state index < -0.39 is 0 Å². The third-order valence-corrected chi connectivity index (χ3v) is 11.5. The van der Waals surface area contributed by atoms with Gasteiger partial charge in [-0.25, -0.2) is 4.98 Å². The average Bonchev–Trinajstić information content (AvgIpc) is 3.95. The fourth-order valence-corrected chi connectivity index (χ4v) is 9.03. The number of nitrogens with zero attached hydrogens (tertiary/aromatic N) is 2. The lowest BCUT2D eigenvalue weighted by atomic mass is 9.93. The number of aromatic nitrogens is 2. The first-order chi connectivity index (χ1) is 27.7. The van der Waals surface area contributed by atoms with Crippen LogP contribution in [0.1, 0.15) is 5.56 Å². The van der Waals surface area contributed by atoms with E-state index >= 15 is 0 Å². The van der Waals surface area contributed by atoms with Gasteiger partial charge in [0.25, 0.3) is 0 Å². The molecule has 0 aliphatic rings. The summed E-state index contributed by atoms with van der Waals surface area (Å²) >= 11 is 0. The topological polar surface area (TPSA) is 44.1 Å². The molecule has 0 bridgehead atoms. The summed E-state index contributed by atoms with van der Waals surface area (Å²) < 4.78 is 15.4. The molecule has 0 N–H and O–H groups in total. The van der Waals surface area contributed by atoms with Gasteiger partial charge in [0.15, 0.2) is 5.58 Å². The van der Waals surface area contributed by atoms with Crippen LogP contribution < -0.4 is 0 Å². The molecule has 0 unspecified atom stereocenters. The first-order valence-corrected chi connectivity index (χ1v) is 19.0. The Bertz CT molecular complexity index is 3550. The van der Waals surface area contributed by atoms with Crippen LogP contribution >= 0.6 is 0 Å². The molecule has 0 amide bonds. The van der Waals surface area contributed by atoms with E-state index in [0.29, 0.717) is 5.89 Å². The summed E-state index contributed by atoms with van der Waals surface area (Å²) in [7, 11) is 0. The first kappa shape index (κ1) is 31.0. The van der Waals surface area contributed by atoms with Crippen molar-refractivity contribution in [3.05, 3.63) is 181 Å². The van der Waals surface area contributed by atoms with E-state index in [0.717, 1.165) is 55.4 Å². The van der Waals surface area contributed by atoms with E-state index in [4.69, 9.17) is 13.8 Å². The molecule has 0 atom stereocenters. The van der Waals surface area contributed by atoms with Crippen LogP contribution in [-0.2, 0) is 0 Å². The molecule has 12 aromatic rings. The van der Waals surface area contributed by atoms with E-state index in [9.17, 15) is 0 Å². The third kappa shape index (κ3) is 4.50. The molecule has 0 spiro atoms. The third-order valence-electron chi connectivity index (χ3n) is 11.5. The number of oxazole rings is 1. The van der Waals surface area contributed by atoms with E-state index in [-0.39, 0.29) is 0 Å². The largest absolute Gasteiger partial charge is 0.456 e. The van der Waals surface area contributed by atoms with Crippen LogP contribution in [0.4, 0.5) is 0 Å². The van der Waals surface area contributed by atoms with E-state index in [1.54, 1.807) is 0 Å². The van der Waals surface area contributed by atoms with Crippen molar-refractivity contribution >= 4 is 76.4 Å². The normalized spacial score (nSPS) is 12.0. The lowest BCUT2D eigenvalue weighted by Gasteiger charge is -2.11. The Morgan fingerprint density at radius 1 is 0.429 bits per heavy atom. The summed E-state index contributed by atoms with van der Waals surface area (Å²) in [6.07, 6.45) is 0. The Morgan fingerprint density at radius 3 is 2.04 bits per heavy atom. The predicted octanol–water partition coefficient (Wildman–Crippen LogP) is 14.4. The van der Waals surface area contributed by atoms with Crippen LogP contribution in [0, 0.1) is 6.92 Å². The van der Waals surface area contributed by atoms with Gasteiger partial charge in [-0.05, 0) is 123 Å². The van der Waals surface area contributed by atoms with Crippen molar-refractivity contribution in [2.45, 2.75) is 6.92 Å². The number of fused-ring (bicyclic) bond motifs is 11. The highest BCUT2D eigenvalue weighted by atomic mass is 16.4. The molecule has 4 heteroatoms. The van der Waals surface area contributed by atoms with E-state index in [1.165, 1.54) is 60.0 Å². The number of hydrogen-bond donors (Lipinski definition) is 0. The van der Waals surface area contributed by atoms with Gasteiger partial charge in [-0.2, -0.15) is 0 Å². The number of furan rings is 1. The summed E-state index contributed by atoms with van der Waals surface area (Å²) in [5.41, 5.74) is 13.5. The van der Waals surface area contributed by atoms with Crippen molar-refractivity contribution < 1.29 is 8.83 Å². The highest BCUT2D eigenvalue weighted by Gasteiger charge is 2.20. The molecule has 9 aromatic carbocycles. The van der Waals surface area contributed by atoms with Crippen molar-refractivity contribution in [1.82, 2.24) is 9.55 Å². The number of para-hydroxylation sites is 2. The highest BCUT2D eigenvalue weighted by molar-refractivity contribution is 6.19. The second-order valence-electron chi connectivity index (χ2n) is 14.7. The molecule has 0 saturated heterocycles. The lowest BCUT2D eigenvalue weighted by molar-refractivity contribution is 0.619. The van der Waals surface area contributed by atoms with Gasteiger partial charge < -0.3 is 13.4 Å². The summed E-state index contributed by atoms with van der Waals surface area (Å²) in [5.74, 6) is 0.592. The van der Waals surface area contributed by atoms with Crippen molar-refractivity contribution in [3.8, 4) is 39.4 Å². The second-order valence-corrected chi connectivity index (χ2v) is 14.7. The molecule has 0 radical (unpaired) electrons. The van der Waals surface area contributed by atoms with Gasteiger partial charge in [-0.1, -0.05) is 109 Å². The van der Waals surface area contributed by atoms with Gasteiger partial charge in [-0.3, -0.25) is 0 Å². The molecule has 12 rings (SSSR count). The molecular formula is C52H32N2O2. The number of benzene rings is 9. The van der Waals surface area contributed by atoms with E-state index in [1.807, 2.05) is 12.1 Å². The minimum atomic E-state index is 0.592. The molecule has 0 aliphatic carbocycles. The van der Waals surface area contributed by atoms with Crippen LogP contribution in [0.2, 0.25) is 0 Å². The van der Waals surface area contributed by atoms with Crippen LogP contribution in [0.15, 0.2) is 185 Å². The number of hydrogen-bond acceptors (Lipinski definition) is 3. The van der Waals surface area contributed by atoms with Gasteiger partial charge in [0.2, 0.25) is 5.89 Å². The Balaban J connectivity index is 0.964. The maximum atomic E-state index is 6.53. The minimum Gasteiger partial charge on any atom is -0.456 e. The Hall–Kier alpha value is -7.43. The van der Waals surface area contributed by atoms with Crippen LogP contribution in [0.5, 0.6) is 0 Å². The van der Waals surface area contributed by atoms with Crippen LogP contribution in [-0.4, -0.2) is 9.55 Å². The zero-order chi connectivity index (χ0) is 36.9. The smallest absolute Gasteiger partial charge is 0.227 e. The number of rotatable bonds is 4. The van der Waals surface area contributed by atoms with Crippen LogP contribution in [0.25, 0.3) is 116 Å². The van der Waals surface area contributed by atoms with Crippen LogP contribution in [0.3, 0.4) is 0 Å². The first-order valence-electron chi connectivity index (χ1n) is 19.0. The zero-order valence-electron chi connectivity index (χ0n) is 30.5. The second kappa shape index (κ2) is 11.8. The van der Waals surface area contributed by atoms with Gasteiger partial charge in [0.05, 0.1) is 16.4 Å². The van der Waals surface area contributed by atoms with Gasteiger partial charge in [-0.15, -0.1) is 0 Å². The maximum Gasteiger partial charge on any atom is 0.227 e. The molecule has 3 heterocycles. The number of aryl methyl sites for hydroxylation is 1. The standard InChI is InChI=1S/C52H32N2O2/c1-31-28-34(23-24-36(31)40-19-11-21-45-49(40)41-18-9-10-20-44(41)54(45)35-13-3-2-4-14-35)52-53-51-47(56-52)27-26-46-50(51)42-25-22-33(30-48(42)55-46)43-29-32-12-5-6-15-37(32)38-16-7-8-17-39(38)43/h2-30H,1H3. The predicted molar refractivity (Wildman–Crippen MR) is 232 cm³/mol. The maximum absolute atomic E-state index is 6.53. The van der Waals surface area contributed by atoms with Gasteiger partial charge >= 0.3 is 0 Å². The summed E-state index contributed by atoms with van der Waals surface area (Å²) in [4.78, 5) is 5.13. The molecule has 0 aliphatic heterocycles. The van der Waals surface area contributed by atoms with E-state index in [2.05, 4.69) is 175 Å². The summed E-state index contributed by atoms with van der Waals surface area (Å²) in [6, 6.07) is 62.5. The quantitative estimate of drug-likeness (QED) is 0.170. The zero-order valence-corrected chi connectivity index (χ0v) is 30.5. The molecular weight excluding hydrogens is 685 g/mol. The lowest BCUT2D eigenvalue weighted by Crippen LogP contribution is -1.93. The van der Waals surface area contributed by atoms with Crippen molar-refractivity contribution in [2.24, 2.45) is 0 Å². The SMILES string of the molecule is Cc1cc(-c2nc3c(ccc4oc5cc(-c6cc7ccccc7c7ccccc67)ccc5c43)o2)ccc1-c1cccc2c1c1ccccc1n2-c1ccccc1. The molecule has 0 fully saturated rings. The van der Waals surface area contributed by atoms with Crippen molar-refractivity contribution in [1.29, 1.82) is 0 Å². The van der Waals surface area contributed by atoms with Gasteiger partial charge in [0.1, 0.15) is 16.7 Å². The Labute approximate surface area is 321 Å². The van der Waals surface area contributed by atoms with Gasteiger partial charge in [0, 0.05) is 27.4 Å². The fourth-order valence-electron chi connectivity index (χ4n) is 9.03. The fraction of sp³-hybridized carbons (Fsp3) is 0.0192. The summed E-state index contributed by atoms with van der Waals surface area (Å²) in [6.45, 7) is 2.18. The molecule has 0 saturated carbocycles. The van der Waals surface area contributed by atoms with Crippen molar-refractivity contribution in [3.63, 3.8) is 0 Å². The molecule has 3 aromatic heterocycles. The summed E-state index contributed by atoms with van der Waals surface area (Å²) in [5, 5.41) is 9.43. The molecule has 56 heavy (non-hydrogen) atoms. The Morgan fingerprint density at radius 2 is 1.16 bits per heavy atom.